The van der Waals surface area contributed by atoms with Gasteiger partial charge in [0.15, 0.2) is 11.5 Å². The van der Waals surface area contributed by atoms with Crippen molar-refractivity contribution < 1.29 is 22.7 Å². The van der Waals surface area contributed by atoms with Gasteiger partial charge in [0.1, 0.15) is 0 Å². The molecule has 2 aromatic carbocycles. The molecular weight excluding hydrogens is 416 g/mol. The Kier molecular flexibility index (Phi) is 7.23. The summed E-state index contributed by atoms with van der Waals surface area (Å²) in [7, 11) is -0.473. The molecule has 1 amide bonds. The van der Waals surface area contributed by atoms with Crippen LogP contribution in [-0.2, 0) is 21.2 Å². The van der Waals surface area contributed by atoms with Crippen molar-refractivity contribution in [3.05, 3.63) is 48.0 Å². The van der Waals surface area contributed by atoms with Crippen LogP contribution in [-0.4, -0.2) is 44.9 Å². The Hall–Kier alpha value is -2.58. The van der Waals surface area contributed by atoms with Gasteiger partial charge in [-0.05, 0) is 68.7 Å². The average Bonchev–Trinajstić information content (AvgIpc) is 2.73. The number of benzene rings is 2. The molecule has 1 heterocycles. The normalized spacial score (nSPS) is 19.6. The number of piperidine rings is 1. The molecule has 2 aromatic rings. The third-order valence-corrected chi connectivity index (χ3v) is 7.78. The van der Waals surface area contributed by atoms with E-state index < -0.39 is 10.0 Å². The number of anilines is 1. The van der Waals surface area contributed by atoms with E-state index in [9.17, 15) is 13.2 Å². The zero-order chi connectivity index (χ0) is 22.6. The Labute approximate surface area is 184 Å². The number of hydrogen-bond acceptors (Lipinski definition) is 5. The Morgan fingerprint density at radius 2 is 1.61 bits per heavy atom. The zero-order valence-electron chi connectivity index (χ0n) is 18.4. The van der Waals surface area contributed by atoms with Gasteiger partial charge in [0.25, 0.3) is 0 Å². The fraction of sp³-hybridized carbons (Fsp3) is 0.435. The van der Waals surface area contributed by atoms with Gasteiger partial charge in [0.2, 0.25) is 15.9 Å². The van der Waals surface area contributed by atoms with Crippen molar-refractivity contribution in [3.8, 4) is 11.5 Å². The maximum absolute atomic E-state index is 13.1. The van der Waals surface area contributed by atoms with E-state index in [0.29, 0.717) is 17.2 Å². The van der Waals surface area contributed by atoms with E-state index in [1.807, 2.05) is 13.8 Å². The van der Waals surface area contributed by atoms with Gasteiger partial charge in [-0.15, -0.1) is 0 Å². The van der Waals surface area contributed by atoms with Crippen LogP contribution in [0.25, 0.3) is 0 Å². The molecule has 2 unspecified atom stereocenters. The first-order valence-electron chi connectivity index (χ1n) is 10.4. The van der Waals surface area contributed by atoms with Crippen molar-refractivity contribution in [2.75, 3.05) is 19.5 Å². The van der Waals surface area contributed by atoms with Crippen LogP contribution in [0.4, 0.5) is 5.69 Å². The molecule has 1 aliphatic rings. The molecule has 3 rings (SSSR count). The molecule has 0 spiro atoms. The molecule has 1 fully saturated rings. The largest absolute Gasteiger partial charge is 0.493 e. The Bertz CT molecular complexity index is 1010. The highest BCUT2D eigenvalue weighted by Crippen LogP contribution is 2.30. The number of ether oxygens (including phenoxy) is 2. The number of hydrogen-bond donors (Lipinski definition) is 1. The maximum Gasteiger partial charge on any atom is 0.243 e. The molecule has 0 aliphatic carbocycles. The van der Waals surface area contributed by atoms with Crippen LogP contribution in [0.5, 0.6) is 11.5 Å². The van der Waals surface area contributed by atoms with Crippen molar-refractivity contribution in [1.29, 1.82) is 0 Å². The first-order chi connectivity index (χ1) is 14.8. The van der Waals surface area contributed by atoms with Gasteiger partial charge in [0, 0.05) is 17.8 Å². The quantitative estimate of drug-likeness (QED) is 0.699. The molecule has 1 N–H and O–H groups in total. The number of rotatable bonds is 7. The summed E-state index contributed by atoms with van der Waals surface area (Å²) in [5.41, 5.74) is 1.33. The summed E-state index contributed by atoms with van der Waals surface area (Å²) in [6, 6.07) is 11.6. The molecule has 1 saturated heterocycles. The lowest BCUT2D eigenvalue weighted by Crippen LogP contribution is -2.47. The molecule has 8 heteroatoms. The van der Waals surface area contributed by atoms with E-state index in [4.69, 9.17) is 9.47 Å². The zero-order valence-corrected chi connectivity index (χ0v) is 19.2. The first kappa shape index (κ1) is 23.1. The van der Waals surface area contributed by atoms with Crippen molar-refractivity contribution in [3.63, 3.8) is 0 Å². The van der Waals surface area contributed by atoms with Gasteiger partial charge in [-0.1, -0.05) is 12.5 Å². The first-order valence-corrected chi connectivity index (χ1v) is 11.8. The molecule has 0 aromatic heterocycles. The number of amides is 1. The van der Waals surface area contributed by atoms with Crippen LogP contribution in [0, 0.1) is 0 Å². The highest BCUT2D eigenvalue weighted by atomic mass is 32.2. The topological polar surface area (TPSA) is 84.9 Å². The lowest BCUT2D eigenvalue weighted by atomic mass is 10.0. The van der Waals surface area contributed by atoms with Crippen LogP contribution in [0.3, 0.4) is 0 Å². The summed E-state index contributed by atoms with van der Waals surface area (Å²) in [6.45, 7) is 3.91. The summed E-state index contributed by atoms with van der Waals surface area (Å²) in [5.74, 6) is 0.949. The Morgan fingerprint density at radius 3 is 2.19 bits per heavy atom. The van der Waals surface area contributed by atoms with E-state index >= 15 is 0 Å². The SMILES string of the molecule is COc1ccc(CC(=O)Nc2ccc(S(=O)(=O)N3C(C)CCCC3C)cc2)cc1OC. The maximum atomic E-state index is 13.1. The molecule has 0 saturated carbocycles. The van der Waals surface area contributed by atoms with E-state index in [2.05, 4.69) is 5.32 Å². The number of carbonyl (C=O) groups excluding carboxylic acids is 1. The molecule has 0 radical (unpaired) electrons. The van der Waals surface area contributed by atoms with Gasteiger partial charge in [-0.2, -0.15) is 4.31 Å². The summed E-state index contributed by atoms with van der Waals surface area (Å²) in [6.07, 6.45) is 2.93. The second-order valence-electron chi connectivity index (χ2n) is 7.90. The molecule has 1 aliphatic heterocycles. The molecule has 31 heavy (non-hydrogen) atoms. The monoisotopic (exact) mass is 446 g/mol. The summed E-state index contributed by atoms with van der Waals surface area (Å²) in [5, 5.41) is 2.81. The molecule has 7 nitrogen and oxygen atoms in total. The predicted octanol–water partition coefficient (Wildman–Crippen LogP) is 3.84. The summed E-state index contributed by atoms with van der Waals surface area (Å²) in [4.78, 5) is 12.7. The average molecular weight is 447 g/mol. The lowest BCUT2D eigenvalue weighted by molar-refractivity contribution is -0.115. The van der Waals surface area contributed by atoms with E-state index in [0.717, 1.165) is 24.8 Å². The fourth-order valence-corrected chi connectivity index (χ4v) is 5.97. The minimum absolute atomic E-state index is 0.0189. The van der Waals surface area contributed by atoms with Crippen molar-refractivity contribution >= 4 is 21.6 Å². The van der Waals surface area contributed by atoms with Crippen LogP contribution in [0.1, 0.15) is 38.7 Å². The molecule has 0 bridgehead atoms. The summed E-state index contributed by atoms with van der Waals surface area (Å²) >= 11 is 0. The van der Waals surface area contributed by atoms with Gasteiger partial charge in [0.05, 0.1) is 25.5 Å². The van der Waals surface area contributed by atoms with Gasteiger partial charge < -0.3 is 14.8 Å². The lowest BCUT2D eigenvalue weighted by Gasteiger charge is -2.37. The van der Waals surface area contributed by atoms with Gasteiger partial charge in [-0.3, -0.25) is 4.79 Å². The van der Waals surface area contributed by atoms with Crippen LogP contribution < -0.4 is 14.8 Å². The second kappa shape index (κ2) is 9.70. The number of sulfonamides is 1. The smallest absolute Gasteiger partial charge is 0.243 e. The third-order valence-electron chi connectivity index (χ3n) is 5.64. The molecule has 2 atom stereocenters. The van der Waals surface area contributed by atoms with Gasteiger partial charge in [-0.25, -0.2) is 8.42 Å². The minimum Gasteiger partial charge on any atom is -0.493 e. The highest BCUT2D eigenvalue weighted by molar-refractivity contribution is 7.89. The Morgan fingerprint density at radius 1 is 1.00 bits per heavy atom. The van der Waals surface area contributed by atoms with Crippen LogP contribution >= 0.6 is 0 Å². The van der Waals surface area contributed by atoms with Crippen molar-refractivity contribution in [2.24, 2.45) is 0 Å². The van der Waals surface area contributed by atoms with Crippen LogP contribution in [0.15, 0.2) is 47.4 Å². The third kappa shape index (κ3) is 5.19. The predicted molar refractivity (Wildman–Crippen MR) is 120 cm³/mol. The molecule has 168 valence electrons. The van der Waals surface area contributed by atoms with Crippen LogP contribution in [0.2, 0.25) is 0 Å². The number of methoxy groups -OCH3 is 2. The van der Waals surface area contributed by atoms with E-state index in [-0.39, 0.29) is 29.3 Å². The molecular formula is C23H30N2O5S. The van der Waals surface area contributed by atoms with E-state index in [1.165, 1.54) is 0 Å². The number of carbonyl (C=O) groups is 1. The second-order valence-corrected chi connectivity index (χ2v) is 9.75. The standard InChI is InChI=1S/C23H30N2O5S/c1-16-6-5-7-17(2)25(16)31(27,28)20-11-9-19(10-12-20)24-23(26)15-18-8-13-21(29-3)22(14-18)30-4/h8-14,16-17H,5-7,15H2,1-4H3,(H,24,26). The van der Waals surface area contributed by atoms with Crippen molar-refractivity contribution in [2.45, 2.75) is 56.5 Å². The van der Waals surface area contributed by atoms with Crippen molar-refractivity contribution in [1.82, 2.24) is 4.31 Å². The number of nitrogens with zero attached hydrogens (tertiary/aromatic N) is 1. The Balaban J connectivity index is 1.68. The summed E-state index contributed by atoms with van der Waals surface area (Å²) < 4.78 is 38.3. The minimum atomic E-state index is -3.57. The van der Waals surface area contributed by atoms with Gasteiger partial charge >= 0.3 is 0 Å². The number of nitrogens with one attached hydrogen (secondary N) is 1. The fourth-order valence-electron chi connectivity index (χ4n) is 4.08. The highest BCUT2D eigenvalue weighted by Gasteiger charge is 2.35. The van der Waals surface area contributed by atoms with E-state index in [1.54, 1.807) is 61.0 Å².